The van der Waals surface area contributed by atoms with Crippen LogP contribution in [-0.4, -0.2) is 17.6 Å². The summed E-state index contributed by atoms with van der Waals surface area (Å²) < 4.78 is 5.05. The Bertz CT molecular complexity index is 384. The molecule has 0 aliphatic carbocycles. The molecule has 0 bridgehead atoms. The summed E-state index contributed by atoms with van der Waals surface area (Å²) in [6.07, 6.45) is 2.02. The molecule has 0 radical (unpaired) electrons. The van der Waals surface area contributed by atoms with Gasteiger partial charge in [0.05, 0.1) is 12.1 Å². The monoisotopic (exact) mass is 207 g/mol. The molecular weight excluding hydrogens is 194 g/mol. The second-order valence-electron chi connectivity index (χ2n) is 2.96. The smallest absolute Gasteiger partial charge is 0.338 e. The second kappa shape index (κ2) is 5.89. The Morgan fingerprint density at radius 1 is 1.67 bits per heavy atom. The molecule has 0 fully saturated rings. The summed E-state index contributed by atoms with van der Waals surface area (Å²) in [5.74, 6) is 5.37. The maximum atomic E-state index is 10.5. The van der Waals surface area contributed by atoms with Gasteiger partial charge in [-0.15, -0.1) is 11.8 Å². The van der Waals surface area contributed by atoms with Crippen molar-refractivity contribution in [3.8, 4) is 11.8 Å². The number of carboxylic acids is 1. The summed E-state index contributed by atoms with van der Waals surface area (Å²) in [6.45, 7) is 3.09. The van der Waals surface area contributed by atoms with Gasteiger partial charge in [-0.3, -0.25) is 0 Å². The first-order valence-electron chi connectivity index (χ1n) is 4.65. The van der Waals surface area contributed by atoms with E-state index in [1.165, 1.54) is 12.3 Å². The van der Waals surface area contributed by atoms with Gasteiger partial charge in [0.1, 0.15) is 12.0 Å². The molecule has 0 saturated heterocycles. The Kier molecular flexibility index (Phi) is 4.45. The summed E-state index contributed by atoms with van der Waals surface area (Å²) in [7, 11) is 0. The molecule has 1 aromatic heterocycles. The lowest BCUT2D eigenvalue weighted by molar-refractivity contribution is 0.0696. The van der Waals surface area contributed by atoms with Crippen LogP contribution in [0, 0.1) is 11.8 Å². The third kappa shape index (κ3) is 3.88. The van der Waals surface area contributed by atoms with E-state index in [1.807, 2.05) is 0 Å². The predicted octanol–water partition coefficient (Wildman–Crippen LogP) is 1.48. The first kappa shape index (κ1) is 11.3. The van der Waals surface area contributed by atoms with E-state index in [4.69, 9.17) is 9.52 Å². The number of aromatic carboxylic acids is 1. The fraction of sp³-hybridized carbons (Fsp3) is 0.364. The molecule has 0 aromatic carbocycles. The number of carboxylic acid groups (broad SMARTS) is 1. The lowest BCUT2D eigenvalue weighted by Crippen LogP contribution is -2.13. The lowest BCUT2D eigenvalue weighted by atomic mass is 10.3. The zero-order valence-electron chi connectivity index (χ0n) is 8.54. The van der Waals surface area contributed by atoms with Crippen LogP contribution in [0.3, 0.4) is 0 Å². The first-order chi connectivity index (χ1) is 7.24. The Morgan fingerprint density at radius 2 is 2.47 bits per heavy atom. The summed E-state index contributed by atoms with van der Waals surface area (Å²) >= 11 is 0. The third-order valence-electron chi connectivity index (χ3n) is 1.80. The topological polar surface area (TPSA) is 62.5 Å². The van der Waals surface area contributed by atoms with Crippen LogP contribution in [0.25, 0.3) is 0 Å². The fourth-order valence-electron chi connectivity index (χ4n) is 1.07. The average molecular weight is 207 g/mol. The van der Waals surface area contributed by atoms with Crippen molar-refractivity contribution in [1.82, 2.24) is 5.32 Å². The van der Waals surface area contributed by atoms with Crippen molar-refractivity contribution >= 4 is 5.97 Å². The highest BCUT2D eigenvalue weighted by molar-refractivity contribution is 5.87. The average Bonchev–Trinajstić information content (AvgIpc) is 2.66. The van der Waals surface area contributed by atoms with Gasteiger partial charge >= 0.3 is 5.97 Å². The zero-order chi connectivity index (χ0) is 11.1. The summed E-state index contributed by atoms with van der Waals surface area (Å²) in [5, 5.41) is 11.7. The Hall–Kier alpha value is -1.73. The number of rotatable bonds is 5. The normalized spacial score (nSPS) is 9.40. The van der Waals surface area contributed by atoms with Crippen LogP contribution in [-0.2, 0) is 6.54 Å². The molecule has 0 unspecified atom stereocenters. The zero-order valence-corrected chi connectivity index (χ0v) is 8.54. The van der Waals surface area contributed by atoms with Gasteiger partial charge in [0.25, 0.3) is 0 Å². The third-order valence-corrected chi connectivity index (χ3v) is 1.80. The molecule has 0 amide bonds. The molecule has 0 saturated carbocycles. The van der Waals surface area contributed by atoms with Crippen LogP contribution < -0.4 is 5.32 Å². The highest BCUT2D eigenvalue weighted by Crippen LogP contribution is 2.07. The van der Waals surface area contributed by atoms with E-state index in [0.29, 0.717) is 12.3 Å². The fourth-order valence-corrected chi connectivity index (χ4v) is 1.07. The minimum absolute atomic E-state index is 0.181. The molecular formula is C11H13NO3. The van der Waals surface area contributed by atoms with E-state index < -0.39 is 5.97 Å². The van der Waals surface area contributed by atoms with Crippen LogP contribution in [0.2, 0.25) is 0 Å². The van der Waals surface area contributed by atoms with Crippen molar-refractivity contribution in [1.29, 1.82) is 0 Å². The van der Waals surface area contributed by atoms with Crippen molar-refractivity contribution in [2.24, 2.45) is 0 Å². The van der Waals surface area contributed by atoms with Gasteiger partial charge in [-0.25, -0.2) is 4.79 Å². The van der Waals surface area contributed by atoms with E-state index >= 15 is 0 Å². The van der Waals surface area contributed by atoms with E-state index in [2.05, 4.69) is 17.2 Å². The maximum Gasteiger partial charge on any atom is 0.338 e. The van der Waals surface area contributed by atoms with E-state index in [1.54, 1.807) is 6.92 Å². The molecule has 0 aliphatic rings. The highest BCUT2D eigenvalue weighted by atomic mass is 16.4. The Labute approximate surface area is 88.3 Å². The highest BCUT2D eigenvalue weighted by Gasteiger charge is 2.07. The molecule has 0 spiro atoms. The minimum atomic E-state index is -0.971. The summed E-state index contributed by atoms with van der Waals surface area (Å²) in [6, 6.07) is 1.51. The van der Waals surface area contributed by atoms with Crippen molar-refractivity contribution in [2.45, 2.75) is 19.9 Å². The van der Waals surface area contributed by atoms with Gasteiger partial charge in [-0.2, -0.15) is 0 Å². The number of hydrogen-bond donors (Lipinski definition) is 2. The minimum Gasteiger partial charge on any atom is -0.478 e. The molecule has 4 heteroatoms. The molecule has 80 valence electrons. The second-order valence-corrected chi connectivity index (χ2v) is 2.96. The predicted molar refractivity (Wildman–Crippen MR) is 55.4 cm³/mol. The van der Waals surface area contributed by atoms with E-state index in [-0.39, 0.29) is 5.56 Å². The number of furan rings is 1. The molecule has 1 aromatic rings. The summed E-state index contributed by atoms with van der Waals surface area (Å²) in [5.41, 5.74) is 0.181. The molecule has 4 nitrogen and oxygen atoms in total. The maximum absolute atomic E-state index is 10.5. The molecule has 1 rings (SSSR count). The SMILES string of the molecule is CC#CCCNCc1cc(C(=O)O)co1. The van der Waals surface area contributed by atoms with Crippen LogP contribution in [0.4, 0.5) is 0 Å². The van der Waals surface area contributed by atoms with Crippen LogP contribution in [0.15, 0.2) is 16.7 Å². The number of hydrogen-bond acceptors (Lipinski definition) is 3. The molecule has 1 heterocycles. The first-order valence-corrected chi connectivity index (χ1v) is 4.65. The van der Waals surface area contributed by atoms with Crippen molar-refractivity contribution in [2.75, 3.05) is 6.54 Å². The van der Waals surface area contributed by atoms with Gasteiger partial charge in [0.15, 0.2) is 0 Å². The van der Waals surface area contributed by atoms with Crippen LogP contribution >= 0.6 is 0 Å². The molecule has 0 aliphatic heterocycles. The van der Waals surface area contributed by atoms with Crippen molar-refractivity contribution in [3.05, 3.63) is 23.7 Å². The van der Waals surface area contributed by atoms with Gasteiger partial charge in [-0.1, -0.05) is 0 Å². The Balaban J connectivity index is 2.30. The number of carbonyl (C=O) groups is 1. The number of nitrogens with one attached hydrogen (secondary N) is 1. The largest absolute Gasteiger partial charge is 0.478 e. The lowest BCUT2D eigenvalue weighted by Gasteiger charge is -1.97. The van der Waals surface area contributed by atoms with Crippen LogP contribution in [0.5, 0.6) is 0 Å². The van der Waals surface area contributed by atoms with E-state index in [0.717, 1.165) is 13.0 Å². The Morgan fingerprint density at radius 3 is 3.07 bits per heavy atom. The van der Waals surface area contributed by atoms with E-state index in [9.17, 15) is 4.79 Å². The summed E-state index contributed by atoms with van der Waals surface area (Å²) in [4.78, 5) is 10.5. The van der Waals surface area contributed by atoms with Gasteiger partial charge < -0.3 is 14.8 Å². The van der Waals surface area contributed by atoms with Gasteiger partial charge in [0, 0.05) is 13.0 Å². The molecule has 2 N–H and O–H groups in total. The van der Waals surface area contributed by atoms with Crippen LogP contribution in [0.1, 0.15) is 29.5 Å². The van der Waals surface area contributed by atoms with Crippen molar-refractivity contribution < 1.29 is 14.3 Å². The molecule has 15 heavy (non-hydrogen) atoms. The van der Waals surface area contributed by atoms with Gasteiger partial charge in [-0.05, 0) is 13.0 Å². The molecule has 0 atom stereocenters. The standard InChI is InChI=1S/C11H13NO3/c1-2-3-4-5-12-7-10-6-9(8-15-10)11(13)14/h6,8,12H,4-5,7H2,1H3,(H,13,14). The van der Waals surface area contributed by atoms with Crippen molar-refractivity contribution in [3.63, 3.8) is 0 Å². The quantitative estimate of drug-likeness (QED) is 0.567. The van der Waals surface area contributed by atoms with Gasteiger partial charge in [0.2, 0.25) is 0 Å².